The number of amides is 2. The number of nitrogens with zero attached hydrogens (tertiary/aromatic N) is 3. The van der Waals surface area contributed by atoms with Gasteiger partial charge in [-0.2, -0.15) is 0 Å². The molecule has 7 nitrogen and oxygen atoms in total. The SMILES string of the molecule is CCOc1ccc(NC(=O)C[C@@H]2C(=O)N(C3CC3)c3nc4ccccc4n32)cc1. The molecule has 2 aromatic carbocycles. The number of fused-ring (bicyclic) bond motifs is 3. The number of imidazole rings is 1. The van der Waals surface area contributed by atoms with E-state index in [-0.39, 0.29) is 24.3 Å². The molecule has 0 radical (unpaired) electrons. The number of carbonyl (C=O) groups excluding carboxylic acids is 2. The first-order chi connectivity index (χ1) is 14.2. The van der Waals surface area contributed by atoms with Crippen molar-refractivity contribution in [1.82, 2.24) is 9.55 Å². The van der Waals surface area contributed by atoms with Gasteiger partial charge in [0, 0.05) is 11.7 Å². The molecule has 1 N–H and O–H groups in total. The summed E-state index contributed by atoms with van der Waals surface area (Å²) in [5, 5.41) is 2.89. The largest absolute Gasteiger partial charge is 0.494 e. The van der Waals surface area contributed by atoms with Gasteiger partial charge in [-0.05, 0) is 56.2 Å². The highest BCUT2D eigenvalue weighted by Gasteiger charge is 2.47. The van der Waals surface area contributed by atoms with Crippen LogP contribution in [0.1, 0.15) is 32.2 Å². The number of benzene rings is 2. The summed E-state index contributed by atoms with van der Waals surface area (Å²) in [4.78, 5) is 32.3. The van der Waals surface area contributed by atoms with Crippen molar-refractivity contribution in [2.75, 3.05) is 16.8 Å². The lowest BCUT2D eigenvalue weighted by Gasteiger charge is -2.15. The second-order valence-electron chi connectivity index (χ2n) is 7.44. The van der Waals surface area contributed by atoms with Gasteiger partial charge in [-0.3, -0.25) is 19.1 Å². The van der Waals surface area contributed by atoms with Crippen LogP contribution in [0.15, 0.2) is 48.5 Å². The van der Waals surface area contributed by atoms with E-state index >= 15 is 0 Å². The molecule has 0 spiro atoms. The number of hydrogen-bond donors (Lipinski definition) is 1. The number of nitrogens with one attached hydrogen (secondary N) is 1. The van der Waals surface area contributed by atoms with Crippen LogP contribution in [0.5, 0.6) is 5.75 Å². The van der Waals surface area contributed by atoms with Crippen molar-refractivity contribution in [3.8, 4) is 5.75 Å². The quantitative estimate of drug-likeness (QED) is 0.699. The Labute approximate surface area is 168 Å². The van der Waals surface area contributed by atoms with Crippen LogP contribution in [0.2, 0.25) is 0 Å². The van der Waals surface area contributed by atoms with Crippen LogP contribution in [0, 0.1) is 0 Å². The van der Waals surface area contributed by atoms with Crippen molar-refractivity contribution in [3.05, 3.63) is 48.5 Å². The van der Waals surface area contributed by atoms with Gasteiger partial charge in [-0.15, -0.1) is 0 Å². The molecule has 2 heterocycles. The van der Waals surface area contributed by atoms with E-state index in [1.807, 2.05) is 47.9 Å². The first kappa shape index (κ1) is 17.7. The summed E-state index contributed by atoms with van der Waals surface area (Å²) < 4.78 is 7.35. The van der Waals surface area contributed by atoms with Gasteiger partial charge in [0.25, 0.3) is 5.91 Å². The van der Waals surface area contributed by atoms with Crippen molar-refractivity contribution in [2.45, 2.75) is 38.3 Å². The van der Waals surface area contributed by atoms with Crippen molar-refractivity contribution in [1.29, 1.82) is 0 Å². The fourth-order valence-corrected chi connectivity index (χ4v) is 3.92. The van der Waals surface area contributed by atoms with Crippen molar-refractivity contribution in [2.24, 2.45) is 0 Å². The fourth-order valence-electron chi connectivity index (χ4n) is 3.92. The van der Waals surface area contributed by atoms with Gasteiger partial charge < -0.3 is 10.1 Å². The highest BCUT2D eigenvalue weighted by molar-refractivity contribution is 6.05. The van der Waals surface area contributed by atoms with E-state index in [0.717, 1.165) is 29.6 Å². The van der Waals surface area contributed by atoms with Crippen LogP contribution in [0.3, 0.4) is 0 Å². The Kier molecular flexibility index (Phi) is 4.23. The third kappa shape index (κ3) is 3.12. The molecule has 1 aromatic heterocycles. The van der Waals surface area contributed by atoms with E-state index in [9.17, 15) is 9.59 Å². The fraction of sp³-hybridized carbons (Fsp3) is 0.318. The molecule has 1 fully saturated rings. The van der Waals surface area contributed by atoms with E-state index in [2.05, 4.69) is 10.3 Å². The van der Waals surface area contributed by atoms with E-state index in [0.29, 0.717) is 18.2 Å². The Bertz CT molecular complexity index is 1090. The zero-order valence-electron chi connectivity index (χ0n) is 16.2. The minimum Gasteiger partial charge on any atom is -0.494 e. The number of ether oxygens (including phenoxy) is 1. The molecule has 1 aliphatic carbocycles. The standard InChI is InChI=1S/C22H22N4O3/c1-2-29-16-11-7-14(8-12-16)23-20(27)13-19-21(28)25(15-9-10-15)22-24-17-5-3-4-6-18(17)26(19)22/h3-8,11-12,15,19H,2,9-10,13H2,1H3,(H,23,27)/t19-/m1/s1. The lowest BCUT2D eigenvalue weighted by Crippen LogP contribution is -2.33. The van der Waals surface area contributed by atoms with Crippen LogP contribution in [-0.2, 0) is 9.59 Å². The van der Waals surface area contributed by atoms with Crippen LogP contribution in [0.4, 0.5) is 11.6 Å². The normalized spacial score (nSPS) is 18.2. The summed E-state index contributed by atoms with van der Waals surface area (Å²) in [6.07, 6.45) is 2.04. The maximum atomic E-state index is 13.1. The number of hydrogen-bond acceptors (Lipinski definition) is 4. The molecule has 0 bridgehead atoms. The number of rotatable bonds is 6. The van der Waals surface area contributed by atoms with E-state index in [1.165, 1.54) is 0 Å². The van der Waals surface area contributed by atoms with Crippen LogP contribution >= 0.6 is 0 Å². The summed E-state index contributed by atoms with van der Waals surface area (Å²) in [6.45, 7) is 2.52. The Morgan fingerprint density at radius 1 is 1.17 bits per heavy atom. The van der Waals surface area contributed by atoms with Crippen LogP contribution in [-0.4, -0.2) is 34.0 Å². The minimum atomic E-state index is -0.569. The van der Waals surface area contributed by atoms with E-state index in [4.69, 9.17) is 4.74 Å². The van der Waals surface area contributed by atoms with Crippen molar-refractivity contribution >= 4 is 34.5 Å². The number of carbonyl (C=O) groups is 2. The predicted octanol–water partition coefficient (Wildman–Crippen LogP) is 3.51. The molecule has 2 aliphatic rings. The molecule has 0 saturated heterocycles. The second-order valence-corrected chi connectivity index (χ2v) is 7.44. The maximum absolute atomic E-state index is 13.1. The van der Waals surface area contributed by atoms with Gasteiger partial charge >= 0.3 is 0 Å². The first-order valence-corrected chi connectivity index (χ1v) is 9.98. The molecule has 3 aromatic rings. The summed E-state index contributed by atoms with van der Waals surface area (Å²) in [6, 6.07) is 14.6. The van der Waals surface area contributed by atoms with Gasteiger partial charge in [0.15, 0.2) is 0 Å². The number of para-hydroxylation sites is 2. The molecule has 1 atom stereocenters. The van der Waals surface area contributed by atoms with Gasteiger partial charge in [0.1, 0.15) is 11.8 Å². The lowest BCUT2D eigenvalue weighted by molar-refractivity contribution is -0.124. The topological polar surface area (TPSA) is 76.5 Å². The van der Waals surface area contributed by atoms with E-state index < -0.39 is 6.04 Å². The summed E-state index contributed by atoms with van der Waals surface area (Å²) in [5.41, 5.74) is 2.41. The Hall–Kier alpha value is -3.35. The molecule has 148 valence electrons. The maximum Gasteiger partial charge on any atom is 0.253 e. The van der Waals surface area contributed by atoms with Gasteiger partial charge in [-0.25, -0.2) is 4.98 Å². The third-order valence-electron chi connectivity index (χ3n) is 5.37. The second kappa shape index (κ2) is 6.92. The van der Waals surface area contributed by atoms with Crippen molar-refractivity contribution < 1.29 is 14.3 Å². The molecule has 2 amide bonds. The Balaban J connectivity index is 1.39. The number of anilines is 2. The number of aromatic nitrogens is 2. The van der Waals surface area contributed by atoms with Gasteiger partial charge in [0.2, 0.25) is 11.9 Å². The predicted molar refractivity (Wildman–Crippen MR) is 110 cm³/mol. The molecule has 29 heavy (non-hydrogen) atoms. The van der Waals surface area contributed by atoms with Gasteiger partial charge in [-0.1, -0.05) is 12.1 Å². The average molecular weight is 390 g/mol. The van der Waals surface area contributed by atoms with Crippen LogP contribution < -0.4 is 15.0 Å². The molecular formula is C22H22N4O3. The Morgan fingerprint density at radius 3 is 2.66 bits per heavy atom. The van der Waals surface area contributed by atoms with Gasteiger partial charge in [0.05, 0.1) is 24.1 Å². The molecule has 0 unspecified atom stereocenters. The van der Waals surface area contributed by atoms with E-state index in [1.54, 1.807) is 17.0 Å². The minimum absolute atomic E-state index is 0.0393. The smallest absolute Gasteiger partial charge is 0.253 e. The lowest BCUT2D eigenvalue weighted by atomic mass is 10.1. The summed E-state index contributed by atoms with van der Waals surface area (Å²) in [7, 11) is 0. The highest BCUT2D eigenvalue weighted by Crippen LogP contribution is 2.42. The molecule has 1 saturated carbocycles. The Morgan fingerprint density at radius 2 is 1.93 bits per heavy atom. The zero-order chi connectivity index (χ0) is 20.0. The highest BCUT2D eigenvalue weighted by atomic mass is 16.5. The summed E-state index contributed by atoms with van der Waals surface area (Å²) in [5.74, 6) is 1.18. The molecule has 5 rings (SSSR count). The first-order valence-electron chi connectivity index (χ1n) is 9.98. The molecule has 1 aliphatic heterocycles. The summed E-state index contributed by atoms with van der Waals surface area (Å²) >= 11 is 0. The average Bonchev–Trinajstić information content (AvgIpc) is 3.42. The van der Waals surface area contributed by atoms with Crippen molar-refractivity contribution in [3.63, 3.8) is 0 Å². The monoisotopic (exact) mass is 390 g/mol. The molecule has 7 heteroatoms. The zero-order valence-corrected chi connectivity index (χ0v) is 16.2. The third-order valence-corrected chi connectivity index (χ3v) is 5.37. The van der Waals surface area contributed by atoms with Crippen LogP contribution in [0.25, 0.3) is 11.0 Å². The molecular weight excluding hydrogens is 368 g/mol.